The molecule has 0 aromatic heterocycles. The van der Waals surface area contributed by atoms with Crippen molar-refractivity contribution in [3.8, 4) is 0 Å². The highest BCUT2D eigenvalue weighted by molar-refractivity contribution is 7.91. The van der Waals surface area contributed by atoms with E-state index >= 15 is 0 Å². The first-order valence-corrected chi connectivity index (χ1v) is 9.37. The van der Waals surface area contributed by atoms with Crippen LogP contribution in [0.3, 0.4) is 0 Å². The molecule has 1 aliphatic carbocycles. The van der Waals surface area contributed by atoms with Crippen molar-refractivity contribution in [2.75, 3.05) is 12.3 Å². The van der Waals surface area contributed by atoms with Crippen molar-refractivity contribution in [1.29, 1.82) is 0 Å². The molecule has 1 aliphatic heterocycles. The topological polar surface area (TPSA) is 46.2 Å². The van der Waals surface area contributed by atoms with Gasteiger partial charge in [0.2, 0.25) is 0 Å². The molecule has 3 rings (SSSR count). The molecule has 0 saturated heterocycles. The molecule has 1 heterocycles. The van der Waals surface area contributed by atoms with Gasteiger partial charge in [-0.2, -0.15) is 0 Å². The Bertz CT molecular complexity index is 632. The van der Waals surface area contributed by atoms with Crippen LogP contribution >= 0.6 is 0 Å². The number of benzene rings is 1. The molecule has 0 amide bonds. The van der Waals surface area contributed by atoms with E-state index in [1.54, 1.807) is 0 Å². The molecule has 116 valence electrons. The summed E-state index contributed by atoms with van der Waals surface area (Å²) in [6.45, 7) is 3.10. The molecular weight excluding hydrogens is 289 g/mol. The van der Waals surface area contributed by atoms with E-state index in [9.17, 15) is 12.8 Å². The number of halogens is 1. The van der Waals surface area contributed by atoms with Gasteiger partial charge >= 0.3 is 0 Å². The lowest BCUT2D eigenvalue weighted by molar-refractivity contribution is 0.118. The quantitative estimate of drug-likeness (QED) is 0.869. The fourth-order valence-corrected chi connectivity index (χ4v) is 5.10. The van der Waals surface area contributed by atoms with E-state index in [1.165, 1.54) is 37.5 Å². The lowest BCUT2D eigenvalue weighted by Crippen LogP contribution is -2.42. The summed E-state index contributed by atoms with van der Waals surface area (Å²) >= 11 is 0. The van der Waals surface area contributed by atoms with E-state index in [4.69, 9.17) is 0 Å². The van der Waals surface area contributed by atoms with Crippen molar-refractivity contribution in [3.05, 3.63) is 29.6 Å². The van der Waals surface area contributed by atoms with Crippen molar-refractivity contribution in [1.82, 2.24) is 5.32 Å². The number of hydrogen-bond acceptors (Lipinski definition) is 3. The van der Waals surface area contributed by atoms with Crippen LogP contribution in [0.15, 0.2) is 23.1 Å². The zero-order valence-corrected chi connectivity index (χ0v) is 13.2. The molecule has 21 heavy (non-hydrogen) atoms. The molecular formula is C16H22FNO2S. The minimum Gasteiger partial charge on any atom is -0.309 e. The third-order valence-corrected chi connectivity index (χ3v) is 7.06. The zero-order chi connectivity index (χ0) is 15.1. The largest absolute Gasteiger partial charge is 0.309 e. The maximum atomic E-state index is 13.5. The summed E-state index contributed by atoms with van der Waals surface area (Å²) in [6, 6.07) is 3.97. The predicted molar refractivity (Wildman–Crippen MR) is 80.4 cm³/mol. The number of rotatable bonds is 4. The van der Waals surface area contributed by atoms with Gasteiger partial charge in [0.05, 0.1) is 10.6 Å². The Hall–Kier alpha value is -0.940. The summed E-state index contributed by atoms with van der Waals surface area (Å²) in [6.07, 6.45) is 5.41. The molecule has 1 fully saturated rings. The maximum Gasteiger partial charge on any atom is 0.178 e. The number of fused-ring (bicyclic) bond motifs is 1. The van der Waals surface area contributed by atoms with Gasteiger partial charge in [-0.25, -0.2) is 12.8 Å². The molecule has 0 radical (unpaired) electrons. The first kappa shape index (κ1) is 15.0. The van der Waals surface area contributed by atoms with Crippen LogP contribution in [0.5, 0.6) is 0 Å². The summed E-state index contributed by atoms with van der Waals surface area (Å²) in [5, 5.41) is 3.51. The zero-order valence-electron chi connectivity index (χ0n) is 12.4. The number of nitrogens with one attached hydrogen (secondary N) is 1. The molecule has 1 aromatic carbocycles. The van der Waals surface area contributed by atoms with Crippen molar-refractivity contribution in [2.24, 2.45) is 5.41 Å². The van der Waals surface area contributed by atoms with Crippen LogP contribution in [0.4, 0.5) is 4.39 Å². The minimum atomic E-state index is -3.25. The summed E-state index contributed by atoms with van der Waals surface area (Å²) in [4.78, 5) is 0.298. The second kappa shape index (κ2) is 5.36. The van der Waals surface area contributed by atoms with Crippen molar-refractivity contribution < 1.29 is 12.8 Å². The van der Waals surface area contributed by atoms with Gasteiger partial charge in [0.15, 0.2) is 9.84 Å². The van der Waals surface area contributed by atoms with Crippen LogP contribution in [0.2, 0.25) is 0 Å². The molecule has 1 N–H and O–H groups in total. The third kappa shape index (κ3) is 2.73. The highest BCUT2D eigenvalue weighted by Gasteiger charge is 2.37. The molecule has 0 bridgehead atoms. The maximum absolute atomic E-state index is 13.5. The SMILES string of the molecule is CCC1(CNC2CCS(=O)(=O)c3ccc(F)cc32)CCC1. The molecule has 5 heteroatoms. The van der Waals surface area contributed by atoms with E-state index in [0.717, 1.165) is 13.0 Å². The van der Waals surface area contributed by atoms with Crippen LogP contribution in [0, 0.1) is 11.2 Å². The first-order chi connectivity index (χ1) is 9.96. The molecule has 3 nitrogen and oxygen atoms in total. The number of sulfone groups is 1. The average molecular weight is 311 g/mol. The second-order valence-corrected chi connectivity index (χ2v) is 8.51. The van der Waals surface area contributed by atoms with Gasteiger partial charge in [-0.15, -0.1) is 0 Å². The fraction of sp³-hybridized carbons (Fsp3) is 0.625. The highest BCUT2D eigenvalue weighted by atomic mass is 32.2. The van der Waals surface area contributed by atoms with Gasteiger partial charge in [-0.05, 0) is 54.9 Å². The van der Waals surface area contributed by atoms with E-state index in [-0.39, 0.29) is 17.6 Å². The van der Waals surface area contributed by atoms with Gasteiger partial charge in [-0.3, -0.25) is 0 Å². The predicted octanol–water partition coefficient (Wildman–Crippen LogP) is 3.21. The summed E-state index contributed by atoms with van der Waals surface area (Å²) < 4.78 is 37.7. The van der Waals surface area contributed by atoms with Crippen molar-refractivity contribution in [2.45, 2.75) is 50.0 Å². The highest BCUT2D eigenvalue weighted by Crippen LogP contribution is 2.44. The smallest absolute Gasteiger partial charge is 0.178 e. The Morgan fingerprint density at radius 2 is 2.14 bits per heavy atom. The lowest BCUT2D eigenvalue weighted by Gasteiger charge is -2.43. The first-order valence-electron chi connectivity index (χ1n) is 7.71. The van der Waals surface area contributed by atoms with Gasteiger partial charge in [0.25, 0.3) is 0 Å². The molecule has 1 unspecified atom stereocenters. The molecule has 2 aliphatic rings. The van der Waals surface area contributed by atoms with Crippen LogP contribution < -0.4 is 5.32 Å². The minimum absolute atomic E-state index is 0.0525. The van der Waals surface area contributed by atoms with Gasteiger partial charge in [0.1, 0.15) is 5.82 Å². The summed E-state index contributed by atoms with van der Waals surface area (Å²) in [7, 11) is -3.25. The van der Waals surface area contributed by atoms with Gasteiger partial charge in [0, 0.05) is 12.6 Å². The number of hydrogen-bond donors (Lipinski definition) is 1. The molecule has 1 atom stereocenters. The Labute approximate surface area is 125 Å². The molecule has 1 aromatic rings. The molecule has 1 saturated carbocycles. The third-order valence-electron chi connectivity index (χ3n) is 5.25. The molecule has 0 spiro atoms. The van der Waals surface area contributed by atoms with E-state index in [1.807, 2.05) is 0 Å². The van der Waals surface area contributed by atoms with Crippen LogP contribution in [0.25, 0.3) is 0 Å². The van der Waals surface area contributed by atoms with Crippen LogP contribution in [-0.4, -0.2) is 20.7 Å². The van der Waals surface area contributed by atoms with Gasteiger partial charge < -0.3 is 5.32 Å². The Morgan fingerprint density at radius 1 is 1.38 bits per heavy atom. The second-order valence-electron chi connectivity index (χ2n) is 6.43. The van der Waals surface area contributed by atoms with Crippen LogP contribution in [-0.2, 0) is 9.84 Å². The van der Waals surface area contributed by atoms with Crippen molar-refractivity contribution in [3.63, 3.8) is 0 Å². The standard InChI is InChI=1S/C16H22FNO2S/c1-2-16(7-3-8-16)11-18-14-6-9-21(19,20)15-5-4-12(17)10-13(14)15/h4-5,10,14,18H,2-3,6-9,11H2,1H3. The summed E-state index contributed by atoms with van der Waals surface area (Å²) in [5.41, 5.74) is 0.968. The Morgan fingerprint density at radius 3 is 2.76 bits per heavy atom. The monoisotopic (exact) mass is 311 g/mol. The Balaban J connectivity index is 1.83. The van der Waals surface area contributed by atoms with Crippen LogP contribution in [0.1, 0.15) is 50.6 Å². The Kier molecular flexibility index (Phi) is 3.82. The van der Waals surface area contributed by atoms with E-state index < -0.39 is 9.84 Å². The average Bonchev–Trinajstić information content (AvgIpc) is 2.40. The van der Waals surface area contributed by atoms with E-state index in [2.05, 4.69) is 12.2 Å². The van der Waals surface area contributed by atoms with Gasteiger partial charge in [-0.1, -0.05) is 13.3 Å². The normalized spacial score (nSPS) is 25.9. The fourth-order valence-electron chi connectivity index (χ4n) is 3.50. The summed E-state index contributed by atoms with van der Waals surface area (Å²) in [5.74, 6) is -0.228. The lowest BCUT2D eigenvalue weighted by atomic mass is 9.67. The van der Waals surface area contributed by atoms with Crippen molar-refractivity contribution >= 4 is 9.84 Å². The van der Waals surface area contributed by atoms with E-state index in [0.29, 0.717) is 22.3 Å².